The fourth-order valence-corrected chi connectivity index (χ4v) is 4.43. The summed E-state index contributed by atoms with van der Waals surface area (Å²) in [6.45, 7) is 2.18. The molecule has 1 saturated carbocycles. The third kappa shape index (κ3) is 6.30. The molecule has 0 saturated heterocycles. The summed E-state index contributed by atoms with van der Waals surface area (Å²) in [5.74, 6) is -0.972. The van der Waals surface area contributed by atoms with Gasteiger partial charge in [-0.1, -0.05) is 74.2 Å². The van der Waals surface area contributed by atoms with Gasteiger partial charge in [-0.3, -0.25) is 9.59 Å². The summed E-state index contributed by atoms with van der Waals surface area (Å²) in [6.07, 6.45) is 5.65. The van der Waals surface area contributed by atoms with Crippen LogP contribution in [0.15, 0.2) is 48.5 Å². The van der Waals surface area contributed by atoms with E-state index < -0.39 is 11.9 Å². The molecule has 0 radical (unpaired) electrons. The third-order valence-corrected chi connectivity index (χ3v) is 6.28. The van der Waals surface area contributed by atoms with Gasteiger partial charge in [-0.2, -0.15) is 0 Å². The number of carbonyl (C=O) groups is 2. The SMILES string of the molecule is CC[C@H](C(=O)NC1CCCCC1)N(Cc1ccccc1)C(=O)Cc1c(F)cccc1Cl. The van der Waals surface area contributed by atoms with Gasteiger partial charge in [-0.25, -0.2) is 4.39 Å². The van der Waals surface area contributed by atoms with Crippen LogP contribution in [-0.4, -0.2) is 28.8 Å². The summed E-state index contributed by atoms with van der Waals surface area (Å²) in [7, 11) is 0. The van der Waals surface area contributed by atoms with E-state index in [-0.39, 0.29) is 41.4 Å². The summed E-state index contributed by atoms with van der Waals surface area (Å²) < 4.78 is 14.3. The van der Waals surface area contributed by atoms with E-state index in [0.717, 1.165) is 31.2 Å². The highest BCUT2D eigenvalue weighted by Gasteiger charge is 2.31. The molecule has 1 atom stereocenters. The lowest BCUT2D eigenvalue weighted by molar-refractivity contribution is -0.141. The van der Waals surface area contributed by atoms with Crippen LogP contribution in [0.1, 0.15) is 56.6 Å². The maximum Gasteiger partial charge on any atom is 0.243 e. The van der Waals surface area contributed by atoms with Gasteiger partial charge < -0.3 is 10.2 Å². The van der Waals surface area contributed by atoms with Crippen molar-refractivity contribution in [1.82, 2.24) is 10.2 Å². The Hall–Kier alpha value is -2.40. The first-order valence-electron chi connectivity index (χ1n) is 11.1. The number of rotatable bonds is 8. The highest BCUT2D eigenvalue weighted by atomic mass is 35.5. The Balaban J connectivity index is 1.83. The molecule has 0 bridgehead atoms. The Kier molecular flexibility index (Phi) is 8.47. The van der Waals surface area contributed by atoms with Gasteiger partial charge in [-0.05, 0) is 37.0 Å². The Morgan fingerprint density at radius 1 is 1.10 bits per heavy atom. The lowest BCUT2D eigenvalue weighted by Crippen LogP contribution is -2.52. The quantitative estimate of drug-likeness (QED) is 0.602. The molecule has 0 spiro atoms. The topological polar surface area (TPSA) is 49.4 Å². The molecule has 1 fully saturated rings. The minimum Gasteiger partial charge on any atom is -0.352 e. The van der Waals surface area contributed by atoms with Gasteiger partial charge in [-0.15, -0.1) is 0 Å². The molecule has 1 aliphatic rings. The van der Waals surface area contributed by atoms with E-state index in [1.54, 1.807) is 11.0 Å². The maximum atomic E-state index is 14.3. The fraction of sp³-hybridized carbons (Fsp3) is 0.440. The summed E-state index contributed by atoms with van der Waals surface area (Å²) in [6, 6.07) is 13.4. The van der Waals surface area contributed by atoms with E-state index in [1.807, 2.05) is 37.3 Å². The maximum absolute atomic E-state index is 14.3. The first kappa shape index (κ1) is 23.3. The second-order valence-corrected chi connectivity index (χ2v) is 8.56. The zero-order chi connectivity index (χ0) is 22.2. The normalized spacial score (nSPS) is 15.3. The number of carbonyl (C=O) groups excluding carboxylic acids is 2. The first-order chi connectivity index (χ1) is 15.0. The predicted molar refractivity (Wildman–Crippen MR) is 121 cm³/mol. The second-order valence-electron chi connectivity index (χ2n) is 8.15. The Morgan fingerprint density at radius 2 is 1.81 bits per heavy atom. The molecule has 0 unspecified atom stereocenters. The van der Waals surface area contributed by atoms with E-state index in [0.29, 0.717) is 6.42 Å². The predicted octanol–water partition coefficient (Wildman–Crippen LogP) is 5.28. The smallest absolute Gasteiger partial charge is 0.243 e. The number of benzene rings is 2. The molecule has 6 heteroatoms. The van der Waals surface area contributed by atoms with Crippen molar-refractivity contribution in [1.29, 1.82) is 0 Å². The van der Waals surface area contributed by atoms with Gasteiger partial charge in [0.05, 0.1) is 6.42 Å². The van der Waals surface area contributed by atoms with Gasteiger partial charge in [0.15, 0.2) is 0 Å². The van der Waals surface area contributed by atoms with Crippen LogP contribution in [0.2, 0.25) is 5.02 Å². The van der Waals surface area contributed by atoms with E-state index in [1.165, 1.54) is 18.6 Å². The monoisotopic (exact) mass is 444 g/mol. The number of nitrogens with one attached hydrogen (secondary N) is 1. The summed E-state index contributed by atoms with van der Waals surface area (Å²) in [5, 5.41) is 3.36. The molecule has 166 valence electrons. The number of halogens is 2. The summed E-state index contributed by atoms with van der Waals surface area (Å²) in [5.41, 5.74) is 1.08. The average molecular weight is 445 g/mol. The van der Waals surface area contributed by atoms with Crippen LogP contribution in [0.3, 0.4) is 0 Å². The highest BCUT2D eigenvalue weighted by molar-refractivity contribution is 6.31. The number of nitrogens with zero attached hydrogens (tertiary/aromatic N) is 1. The standard InChI is InChI=1S/C25H30ClFN2O2/c1-2-23(25(31)28-19-12-7-4-8-13-19)29(17-18-10-5-3-6-11-18)24(30)16-20-21(26)14-9-15-22(20)27/h3,5-6,9-11,14-15,19,23H,2,4,7-8,12-13,16-17H2,1H3,(H,28,31)/t23-/m1/s1. The van der Waals surface area contributed by atoms with Gasteiger partial charge in [0, 0.05) is 23.2 Å². The van der Waals surface area contributed by atoms with Crippen molar-refractivity contribution >= 4 is 23.4 Å². The van der Waals surface area contributed by atoms with Crippen molar-refractivity contribution in [2.75, 3.05) is 0 Å². The first-order valence-corrected chi connectivity index (χ1v) is 11.4. The van der Waals surface area contributed by atoms with Crippen LogP contribution in [0.4, 0.5) is 4.39 Å². The van der Waals surface area contributed by atoms with Crippen LogP contribution in [-0.2, 0) is 22.6 Å². The minimum atomic E-state index is -0.625. The van der Waals surface area contributed by atoms with E-state index in [2.05, 4.69) is 5.32 Å². The number of hydrogen-bond donors (Lipinski definition) is 1. The molecule has 0 aromatic heterocycles. The van der Waals surface area contributed by atoms with Crippen molar-refractivity contribution < 1.29 is 14.0 Å². The molecule has 2 aromatic carbocycles. The van der Waals surface area contributed by atoms with Crippen LogP contribution in [0, 0.1) is 5.82 Å². The molecule has 1 aliphatic carbocycles. The van der Waals surface area contributed by atoms with E-state index in [4.69, 9.17) is 11.6 Å². The third-order valence-electron chi connectivity index (χ3n) is 5.92. The van der Waals surface area contributed by atoms with Crippen molar-refractivity contribution in [3.05, 3.63) is 70.5 Å². The van der Waals surface area contributed by atoms with E-state index in [9.17, 15) is 14.0 Å². The van der Waals surface area contributed by atoms with Crippen LogP contribution < -0.4 is 5.32 Å². The van der Waals surface area contributed by atoms with E-state index >= 15 is 0 Å². The van der Waals surface area contributed by atoms with Crippen molar-refractivity contribution in [3.8, 4) is 0 Å². The number of amides is 2. The molecular formula is C25H30ClFN2O2. The van der Waals surface area contributed by atoms with Crippen LogP contribution >= 0.6 is 11.6 Å². The minimum absolute atomic E-state index is 0.140. The van der Waals surface area contributed by atoms with Crippen molar-refractivity contribution in [3.63, 3.8) is 0 Å². The zero-order valence-corrected chi connectivity index (χ0v) is 18.7. The largest absolute Gasteiger partial charge is 0.352 e. The van der Waals surface area contributed by atoms with Gasteiger partial charge in [0.25, 0.3) is 0 Å². The molecule has 1 N–H and O–H groups in total. The molecule has 2 aromatic rings. The highest BCUT2D eigenvalue weighted by Crippen LogP contribution is 2.23. The van der Waals surface area contributed by atoms with Gasteiger partial charge >= 0.3 is 0 Å². The van der Waals surface area contributed by atoms with Crippen molar-refractivity contribution in [2.24, 2.45) is 0 Å². The molecule has 0 aliphatic heterocycles. The van der Waals surface area contributed by atoms with Crippen LogP contribution in [0.25, 0.3) is 0 Å². The Morgan fingerprint density at radius 3 is 2.45 bits per heavy atom. The number of hydrogen-bond acceptors (Lipinski definition) is 2. The lowest BCUT2D eigenvalue weighted by atomic mass is 9.95. The Bertz CT molecular complexity index is 864. The summed E-state index contributed by atoms with van der Waals surface area (Å²) >= 11 is 6.15. The second kappa shape index (κ2) is 11.3. The summed E-state index contributed by atoms with van der Waals surface area (Å²) in [4.78, 5) is 28.1. The van der Waals surface area contributed by atoms with Crippen LogP contribution in [0.5, 0.6) is 0 Å². The zero-order valence-electron chi connectivity index (χ0n) is 17.9. The molecule has 4 nitrogen and oxygen atoms in total. The lowest BCUT2D eigenvalue weighted by Gasteiger charge is -2.33. The molecule has 2 amide bonds. The van der Waals surface area contributed by atoms with Gasteiger partial charge in [0.2, 0.25) is 11.8 Å². The fourth-order valence-electron chi connectivity index (χ4n) is 4.20. The molecule has 0 heterocycles. The molecule has 3 rings (SSSR count). The van der Waals surface area contributed by atoms with Crippen molar-refractivity contribution in [2.45, 2.75) is 70.5 Å². The molecular weight excluding hydrogens is 415 g/mol. The average Bonchev–Trinajstić information content (AvgIpc) is 2.77. The van der Waals surface area contributed by atoms with Gasteiger partial charge in [0.1, 0.15) is 11.9 Å². The molecule has 31 heavy (non-hydrogen) atoms. The Labute approximate surface area is 188 Å².